The summed E-state index contributed by atoms with van der Waals surface area (Å²) in [5, 5.41) is 3.52. The van der Waals surface area contributed by atoms with Gasteiger partial charge in [-0.25, -0.2) is 0 Å². The zero-order chi connectivity index (χ0) is 11.9. The van der Waals surface area contributed by atoms with Crippen molar-refractivity contribution in [1.29, 1.82) is 0 Å². The van der Waals surface area contributed by atoms with Gasteiger partial charge in [-0.05, 0) is 32.1 Å². The predicted molar refractivity (Wildman–Crippen MR) is 64.4 cm³/mol. The van der Waals surface area contributed by atoms with Crippen LogP contribution in [0.1, 0.15) is 39.0 Å². The van der Waals surface area contributed by atoms with Gasteiger partial charge in [0.1, 0.15) is 0 Å². The molecule has 2 heterocycles. The fourth-order valence-corrected chi connectivity index (χ4v) is 3.12. The van der Waals surface area contributed by atoms with Gasteiger partial charge in [0.05, 0.1) is 18.3 Å². The van der Waals surface area contributed by atoms with Gasteiger partial charge in [0.2, 0.25) is 5.91 Å². The summed E-state index contributed by atoms with van der Waals surface area (Å²) in [5.41, 5.74) is -0.157. The van der Waals surface area contributed by atoms with E-state index in [-0.39, 0.29) is 11.7 Å². The maximum atomic E-state index is 12.4. The summed E-state index contributed by atoms with van der Waals surface area (Å²) < 4.78 is 5.51. The molecule has 3 aliphatic rings. The molecule has 0 aromatic heterocycles. The van der Waals surface area contributed by atoms with E-state index in [0.717, 1.165) is 45.4 Å². The van der Waals surface area contributed by atoms with Crippen LogP contribution in [0.4, 0.5) is 0 Å². The number of hydrogen-bond donors (Lipinski definition) is 1. The number of hydrogen-bond acceptors (Lipinski definition) is 3. The Morgan fingerprint density at radius 3 is 2.94 bits per heavy atom. The van der Waals surface area contributed by atoms with Gasteiger partial charge in [0, 0.05) is 19.1 Å². The lowest BCUT2D eigenvalue weighted by Crippen LogP contribution is -2.41. The molecule has 4 heteroatoms. The number of amides is 1. The van der Waals surface area contributed by atoms with Crippen LogP contribution < -0.4 is 5.32 Å². The van der Waals surface area contributed by atoms with Crippen LogP contribution in [0.15, 0.2) is 0 Å². The minimum absolute atomic E-state index is 0.157. The molecule has 1 N–H and O–H groups in total. The Labute approximate surface area is 103 Å². The third-order valence-electron chi connectivity index (χ3n) is 4.34. The summed E-state index contributed by atoms with van der Waals surface area (Å²) in [5.74, 6) is 0.882. The molecule has 1 aliphatic carbocycles. The van der Waals surface area contributed by atoms with Crippen molar-refractivity contribution in [1.82, 2.24) is 10.2 Å². The lowest BCUT2D eigenvalue weighted by atomic mass is 10.0. The fourth-order valence-electron chi connectivity index (χ4n) is 3.12. The molecule has 3 rings (SSSR count). The first-order chi connectivity index (χ1) is 8.25. The van der Waals surface area contributed by atoms with Crippen LogP contribution in [0, 0.1) is 5.92 Å². The third-order valence-corrected chi connectivity index (χ3v) is 4.34. The molecule has 96 valence electrons. The van der Waals surface area contributed by atoms with Crippen LogP contribution in [0.5, 0.6) is 0 Å². The van der Waals surface area contributed by atoms with Gasteiger partial charge in [0.25, 0.3) is 0 Å². The van der Waals surface area contributed by atoms with Crippen molar-refractivity contribution in [2.45, 2.75) is 50.7 Å². The molecule has 0 radical (unpaired) electrons. The molecule has 1 saturated carbocycles. The minimum Gasteiger partial charge on any atom is -0.381 e. The summed E-state index contributed by atoms with van der Waals surface area (Å²) >= 11 is 0. The molecule has 3 fully saturated rings. The van der Waals surface area contributed by atoms with Crippen LogP contribution >= 0.6 is 0 Å². The third kappa shape index (κ3) is 1.97. The lowest BCUT2D eigenvalue weighted by molar-refractivity contribution is -0.132. The van der Waals surface area contributed by atoms with Gasteiger partial charge < -0.3 is 9.64 Å². The van der Waals surface area contributed by atoms with E-state index in [0.29, 0.717) is 11.8 Å². The van der Waals surface area contributed by atoms with Gasteiger partial charge in [-0.2, -0.15) is 0 Å². The SMILES string of the molecule is CCC1NC2(CC2)C(=O)N1CC1CCCOC1. The summed E-state index contributed by atoms with van der Waals surface area (Å²) in [7, 11) is 0. The van der Waals surface area contributed by atoms with Crippen molar-refractivity contribution in [3.63, 3.8) is 0 Å². The highest BCUT2D eigenvalue weighted by Crippen LogP contribution is 2.42. The van der Waals surface area contributed by atoms with Gasteiger partial charge in [0.15, 0.2) is 0 Å². The van der Waals surface area contributed by atoms with Crippen molar-refractivity contribution in [2.75, 3.05) is 19.8 Å². The average molecular weight is 238 g/mol. The Kier molecular flexibility index (Phi) is 2.87. The van der Waals surface area contributed by atoms with Crippen molar-refractivity contribution in [2.24, 2.45) is 5.92 Å². The molecule has 17 heavy (non-hydrogen) atoms. The van der Waals surface area contributed by atoms with E-state index >= 15 is 0 Å². The van der Waals surface area contributed by atoms with Crippen LogP contribution in [-0.4, -0.2) is 42.3 Å². The van der Waals surface area contributed by atoms with E-state index < -0.39 is 0 Å². The Hall–Kier alpha value is -0.610. The summed E-state index contributed by atoms with van der Waals surface area (Å²) in [6, 6.07) is 0. The van der Waals surface area contributed by atoms with Gasteiger partial charge in [-0.15, -0.1) is 0 Å². The molecule has 2 aliphatic heterocycles. The van der Waals surface area contributed by atoms with E-state index in [1.165, 1.54) is 6.42 Å². The molecule has 2 unspecified atom stereocenters. The second-order valence-corrected chi connectivity index (χ2v) is 5.69. The average Bonchev–Trinajstić information content (AvgIpc) is 3.10. The Morgan fingerprint density at radius 2 is 2.35 bits per heavy atom. The van der Waals surface area contributed by atoms with Gasteiger partial charge in [-0.3, -0.25) is 10.1 Å². The Balaban J connectivity index is 1.65. The smallest absolute Gasteiger partial charge is 0.244 e. The summed E-state index contributed by atoms with van der Waals surface area (Å²) in [4.78, 5) is 14.4. The van der Waals surface area contributed by atoms with Crippen molar-refractivity contribution >= 4 is 5.91 Å². The highest BCUT2D eigenvalue weighted by Gasteiger charge is 2.58. The minimum atomic E-state index is -0.157. The van der Waals surface area contributed by atoms with E-state index in [1.54, 1.807) is 0 Å². The highest BCUT2D eigenvalue weighted by molar-refractivity contribution is 5.91. The fraction of sp³-hybridized carbons (Fsp3) is 0.923. The monoisotopic (exact) mass is 238 g/mol. The normalized spacial score (nSPS) is 35.6. The maximum Gasteiger partial charge on any atom is 0.244 e. The molecule has 2 saturated heterocycles. The van der Waals surface area contributed by atoms with E-state index in [9.17, 15) is 4.79 Å². The number of nitrogens with zero attached hydrogens (tertiary/aromatic N) is 1. The van der Waals surface area contributed by atoms with Crippen molar-refractivity contribution in [3.8, 4) is 0 Å². The highest BCUT2D eigenvalue weighted by atomic mass is 16.5. The standard InChI is InChI=1S/C13H22N2O2/c1-2-11-14-13(5-6-13)12(16)15(11)8-10-4-3-7-17-9-10/h10-11,14H,2-9H2,1H3. The Bertz CT molecular complexity index is 309. The van der Waals surface area contributed by atoms with E-state index in [2.05, 4.69) is 17.1 Å². The largest absolute Gasteiger partial charge is 0.381 e. The van der Waals surface area contributed by atoms with E-state index in [4.69, 9.17) is 4.74 Å². The predicted octanol–water partition coefficient (Wildman–Crippen LogP) is 1.11. The number of carbonyl (C=O) groups is 1. The number of rotatable bonds is 3. The van der Waals surface area contributed by atoms with Crippen LogP contribution in [0.25, 0.3) is 0 Å². The summed E-state index contributed by atoms with van der Waals surface area (Å²) in [6.45, 7) is 4.75. The topological polar surface area (TPSA) is 41.6 Å². The van der Waals surface area contributed by atoms with Crippen LogP contribution in [0.2, 0.25) is 0 Å². The first kappa shape index (κ1) is 11.5. The first-order valence-electron chi connectivity index (χ1n) is 6.92. The number of ether oxygens (including phenoxy) is 1. The van der Waals surface area contributed by atoms with E-state index in [1.807, 2.05) is 0 Å². The molecule has 0 aromatic rings. The zero-order valence-electron chi connectivity index (χ0n) is 10.6. The van der Waals surface area contributed by atoms with Gasteiger partial charge >= 0.3 is 0 Å². The summed E-state index contributed by atoms with van der Waals surface area (Å²) in [6.07, 6.45) is 5.66. The second-order valence-electron chi connectivity index (χ2n) is 5.69. The zero-order valence-corrected chi connectivity index (χ0v) is 10.6. The molecular formula is C13H22N2O2. The molecule has 4 nitrogen and oxygen atoms in total. The van der Waals surface area contributed by atoms with Crippen LogP contribution in [-0.2, 0) is 9.53 Å². The molecule has 1 spiro atoms. The lowest BCUT2D eigenvalue weighted by Gasteiger charge is -2.30. The molecule has 0 aromatic carbocycles. The maximum absolute atomic E-state index is 12.4. The van der Waals surface area contributed by atoms with Crippen molar-refractivity contribution in [3.05, 3.63) is 0 Å². The van der Waals surface area contributed by atoms with Crippen LogP contribution in [0.3, 0.4) is 0 Å². The van der Waals surface area contributed by atoms with Crippen molar-refractivity contribution < 1.29 is 9.53 Å². The first-order valence-corrected chi connectivity index (χ1v) is 6.92. The van der Waals surface area contributed by atoms with Gasteiger partial charge in [-0.1, -0.05) is 6.92 Å². The number of carbonyl (C=O) groups excluding carboxylic acids is 1. The Morgan fingerprint density at radius 1 is 1.53 bits per heavy atom. The number of nitrogens with one attached hydrogen (secondary N) is 1. The molecular weight excluding hydrogens is 216 g/mol. The molecule has 0 bridgehead atoms. The quantitative estimate of drug-likeness (QED) is 0.801. The molecule has 2 atom stereocenters. The molecule has 1 amide bonds. The second kappa shape index (κ2) is 4.25.